The third-order valence-corrected chi connectivity index (χ3v) is 5.24. The summed E-state index contributed by atoms with van der Waals surface area (Å²) >= 11 is 10.0. The number of hydrogen-bond donors (Lipinski definition) is 1. The third kappa shape index (κ3) is 1.06. The Morgan fingerprint density at radius 1 is 1.50 bits per heavy atom. The Balaban J connectivity index is 2.34. The summed E-state index contributed by atoms with van der Waals surface area (Å²) in [5.41, 5.74) is 0. The minimum atomic E-state index is -0.277. The Hall–Kier alpha value is 0.650. The first-order chi connectivity index (χ1) is 5.46. The van der Waals surface area contributed by atoms with Crippen LogP contribution in [0.15, 0.2) is 10.2 Å². The van der Waals surface area contributed by atoms with Gasteiger partial charge in [0.25, 0.3) is 0 Å². The number of ketones is 1. The highest BCUT2D eigenvalue weighted by atomic mass is 79.9. The lowest BCUT2D eigenvalue weighted by molar-refractivity contribution is -0.119. The van der Waals surface area contributed by atoms with Crippen LogP contribution in [0.1, 0.15) is 6.42 Å². The minimum Gasteiger partial charge on any atom is -0.504 e. The lowest BCUT2D eigenvalue weighted by Gasteiger charge is -2.07. The molecule has 0 amide bonds. The van der Waals surface area contributed by atoms with Crippen LogP contribution in [0, 0.1) is 11.8 Å². The predicted molar refractivity (Wildman–Crippen MR) is 55.8 cm³/mol. The molecular weight excluding hydrogens is 356 g/mol. The average Bonchev–Trinajstić information content (AvgIpc) is 2.49. The van der Waals surface area contributed by atoms with Crippen LogP contribution in [0.4, 0.5) is 0 Å². The van der Waals surface area contributed by atoms with Gasteiger partial charge in [0.15, 0.2) is 5.76 Å². The summed E-state index contributed by atoms with van der Waals surface area (Å²) in [4.78, 5) is 11.4. The van der Waals surface area contributed by atoms with Crippen molar-refractivity contribution in [1.29, 1.82) is 0 Å². The standard InChI is InChI=1S/C7H5Br3O2/c8-3-1-2-4(7(2,9)10)6(12)5(3)11/h2,4,11H,1H2. The molecule has 1 N–H and O–H groups in total. The van der Waals surface area contributed by atoms with E-state index in [1.54, 1.807) is 0 Å². The third-order valence-electron chi connectivity index (χ3n) is 2.37. The number of rotatable bonds is 0. The van der Waals surface area contributed by atoms with Gasteiger partial charge in [-0.2, -0.15) is 0 Å². The number of Topliss-reactive ketones (excluding diaryl/α,β-unsaturated/α-hetero) is 1. The maximum atomic E-state index is 11.4. The number of hydrogen-bond acceptors (Lipinski definition) is 2. The summed E-state index contributed by atoms with van der Waals surface area (Å²) in [5.74, 6) is -0.113. The van der Waals surface area contributed by atoms with Crippen LogP contribution >= 0.6 is 47.8 Å². The van der Waals surface area contributed by atoms with Gasteiger partial charge in [-0.05, 0) is 6.42 Å². The summed E-state index contributed by atoms with van der Waals surface area (Å²) < 4.78 is 0.343. The summed E-state index contributed by atoms with van der Waals surface area (Å²) in [6, 6.07) is 0. The molecule has 2 aliphatic rings. The lowest BCUT2D eigenvalue weighted by Crippen LogP contribution is -2.12. The Bertz CT molecular complexity index is 295. The van der Waals surface area contributed by atoms with Gasteiger partial charge in [0.2, 0.25) is 5.78 Å². The number of aliphatic hydroxyl groups is 1. The summed E-state index contributed by atoms with van der Waals surface area (Å²) in [6.07, 6.45) is 0.721. The van der Waals surface area contributed by atoms with Gasteiger partial charge in [-0.1, -0.05) is 47.8 Å². The molecule has 1 saturated carbocycles. The number of carbonyl (C=O) groups excluding carboxylic acids is 1. The molecule has 2 aliphatic carbocycles. The molecule has 2 unspecified atom stereocenters. The van der Waals surface area contributed by atoms with E-state index < -0.39 is 0 Å². The number of fused-ring (bicyclic) bond motifs is 1. The van der Waals surface area contributed by atoms with Crippen LogP contribution in [0.3, 0.4) is 0 Å². The molecule has 0 spiro atoms. The van der Waals surface area contributed by atoms with E-state index in [9.17, 15) is 9.90 Å². The molecular formula is C7H5Br3O2. The van der Waals surface area contributed by atoms with Crippen molar-refractivity contribution >= 4 is 53.6 Å². The second kappa shape index (κ2) is 2.58. The molecule has 2 rings (SSSR count). The first-order valence-electron chi connectivity index (χ1n) is 3.46. The van der Waals surface area contributed by atoms with Crippen molar-refractivity contribution in [2.75, 3.05) is 0 Å². The van der Waals surface area contributed by atoms with E-state index in [1.165, 1.54) is 0 Å². The Kier molecular flexibility index (Phi) is 1.98. The van der Waals surface area contributed by atoms with E-state index in [2.05, 4.69) is 47.8 Å². The van der Waals surface area contributed by atoms with E-state index in [-0.39, 0.29) is 26.6 Å². The fraction of sp³-hybridized carbons (Fsp3) is 0.571. The van der Waals surface area contributed by atoms with Gasteiger partial charge >= 0.3 is 0 Å². The van der Waals surface area contributed by atoms with Gasteiger partial charge in [0.05, 0.1) is 9.15 Å². The molecule has 12 heavy (non-hydrogen) atoms. The first kappa shape index (κ1) is 9.21. The Morgan fingerprint density at radius 2 is 2.08 bits per heavy atom. The molecule has 2 atom stereocenters. The average molecular weight is 361 g/mol. The van der Waals surface area contributed by atoms with E-state index in [1.807, 2.05) is 0 Å². The molecule has 0 aromatic carbocycles. The quantitative estimate of drug-likeness (QED) is 0.674. The molecule has 0 saturated heterocycles. The molecule has 0 radical (unpaired) electrons. The number of allylic oxidation sites excluding steroid dienone is 2. The highest BCUT2D eigenvalue weighted by Gasteiger charge is 2.67. The number of carbonyl (C=O) groups is 1. The van der Waals surface area contributed by atoms with Gasteiger partial charge in [-0.3, -0.25) is 4.79 Å². The summed E-state index contributed by atoms with van der Waals surface area (Å²) in [5, 5.41) is 9.32. The molecule has 0 aliphatic heterocycles. The lowest BCUT2D eigenvalue weighted by atomic mass is 10.1. The SMILES string of the molecule is O=C1C(O)=C(Br)CC2C1C2(Br)Br. The van der Waals surface area contributed by atoms with Gasteiger partial charge in [0.1, 0.15) is 0 Å². The normalized spacial score (nSPS) is 38.1. The minimum absolute atomic E-state index is 0.0983. The van der Waals surface area contributed by atoms with Gasteiger partial charge in [0, 0.05) is 10.4 Å². The first-order valence-corrected chi connectivity index (χ1v) is 5.83. The zero-order valence-corrected chi connectivity index (χ0v) is 10.6. The second-order valence-corrected chi connectivity index (χ2v) is 7.73. The number of halogens is 3. The molecule has 66 valence electrons. The van der Waals surface area contributed by atoms with Crippen molar-refractivity contribution in [3.05, 3.63) is 10.2 Å². The van der Waals surface area contributed by atoms with Crippen molar-refractivity contribution in [3.63, 3.8) is 0 Å². The van der Waals surface area contributed by atoms with E-state index in [0.29, 0.717) is 4.48 Å². The van der Waals surface area contributed by atoms with Crippen LogP contribution in [0.2, 0.25) is 0 Å². The molecule has 1 fully saturated rings. The Morgan fingerprint density at radius 3 is 2.67 bits per heavy atom. The summed E-state index contributed by atoms with van der Waals surface area (Å²) in [7, 11) is 0. The molecule has 2 nitrogen and oxygen atoms in total. The van der Waals surface area contributed by atoms with Crippen LogP contribution in [0.5, 0.6) is 0 Å². The molecule has 0 aromatic heterocycles. The van der Waals surface area contributed by atoms with Gasteiger partial charge < -0.3 is 5.11 Å². The van der Waals surface area contributed by atoms with Crippen LogP contribution < -0.4 is 0 Å². The predicted octanol–water partition coefficient (Wildman–Crippen LogP) is 2.86. The zero-order chi connectivity index (χ0) is 9.09. The van der Waals surface area contributed by atoms with Crippen molar-refractivity contribution < 1.29 is 9.90 Å². The van der Waals surface area contributed by atoms with Gasteiger partial charge in [-0.25, -0.2) is 0 Å². The molecule has 0 heterocycles. The zero-order valence-electron chi connectivity index (χ0n) is 5.85. The fourth-order valence-electron chi connectivity index (χ4n) is 1.57. The van der Waals surface area contributed by atoms with Crippen LogP contribution in [-0.2, 0) is 4.79 Å². The fourth-order valence-corrected chi connectivity index (χ4v) is 3.76. The maximum Gasteiger partial charge on any atom is 0.203 e. The van der Waals surface area contributed by atoms with Crippen LogP contribution in [-0.4, -0.2) is 14.1 Å². The molecule has 5 heteroatoms. The molecule has 0 aromatic rings. The van der Waals surface area contributed by atoms with Crippen molar-refractivity contribution in [2.24, 2.45) is 11.8 Å². The monoisotopic (exact) mass is 358 g/mol. The topological polar surface area (TPSA) is 37.3 Å². The largest absolute Gasteiger partial charge is 0.504 e. The van der Waals surface area contributed by atoms with Crippen molar-refractivity contribution in [3.8, 4) is 0 Å². The highest BCUT2D eigenvalue weighted by molar-refractivity contribution is 9.25. The van der Waals surface area contributed by atoms with Crippen LogP contribution in [0.25, 0.3) is 0 Å². The van der Waals surface area contributed by atoms with E-state index in [4.69, 9.17) is 0 Å². The number of aliphatic hydroxyl groups excluding tert-OH is 1. The van der Waals surface area contributed by atoms with E-state index >= 15 is 0 Å². The highest BCUT2D eigenvalue weighted by Crippen LogP contribution is 2.67. The number of alkyl halides is 2. The van der Waals surface area contributed by atoms with Gasteiger partial charge in [-0.15, -0.1) is 0 Å². The molecule has 0 bridgehead atoms. The maximum absolute atomic E-state index is 11.4. The smallest absolute Gasteiger partial charge is 0.203 e. The van der Waals surface area contributed by atoms with Crippen molar-refractivity contribution in [1.82, 2.24) is 0 Å². The Labute approximate surface area is 94.8 Å². The second-order valence-electron chi connectivity index (χ2n) is 3.08. The summed E-state index contributed by atoms with van der Waals surface area (Å²) in [6.45, 7) is 0. The van der Waals surface area contributed by atoms with E-state index in [0.717, 1.165) is 6.42 Å². The van der Waals surface area contributed by atoms with Crippen molar-refractivity contribution in [2.45, 2.75) is 9.65 Å².